The number of aryl methyl sites for hydroxylation is 1. The maximum Gasteiger partial charge on any atom is 0.244 e. The molecule has 7 heteroatoms. The van der Waals surface area contributed by atoms with Crippen LogP contribution in [0.1, 0.15) is 17.7 Å². The molecule has 96 valence electrons. The second kappa shape index (κ2) is 4.97. The molecule has 0 amide bonds. The molecule has 0 atom stereocenters. The summed E-state index contributed by atoms with van der Waals surface area (Å²) >= 11 is 4.71. The number of halogens is 1. The minimum atomic E-state index is -3.46. The minimum absolute atomic E-state index is 0.0743. The Bertz CT molecular complexity index is 508. The summed E-state index contributed by atoms with van der Waals surface area (Å²) in [5.74, 6) is 0. The molecular formula is C10H14BrNO3S2. The van der Waals surface area contributed by atoms with Gasteiger partial charge in [0.1, 0.15) is 0 Å². The van der Waals surface area contributed by atoms with Crippen LogP contribution >= 0.6 is 27.3 Å². The average Bonchev–Trinajstić information content (AvgIpc) is 3.00. The Morgan fingerprint density at radius 3 is 2.65 bits per heavy atom. The molecule has 17 heavy (non-hydrogen) atoms. The summed E-state index contributed by atoms with van der Waals surface area (Å²) in [6.07, 6.45) is 1.78. The molecule has 1 aliphatic carbocycles. The van der Waals surface area contributed by atoms with Gasteiger partial charge in [-0.15, -0.1) is 11.3 Å². The van der Waals surface area contributed by atoms with E-state index in [0.717, 1.165) is 21.5 Å². The summed E-state index contributed by atoms with van der Waals surface area (Å²) < 4.78 is 27.1. The Kier molecular flexibility index (Phi) is 3.94. The van der Waals surface area contributed by atoms with E-state index in [1.807, 2.05) is 0 Å². The Morgan fingerprint density at radius 2 is 2.24 bits per heavy atom. The number of rotatable bonds is 5. The van der Waals surface area contributed by atoms with Crippen LogP contribution in [0.2, 0.25) is 0 Å². The fourth-order valence-corrected chi connectivity index (χ4v) is 5.83. The van der Waals surface area contributed by atoms with Crippen LogP contribution in [0.25, 0.3) is 0 Å². The second-order valence-electron chi connectivity index (χ2n) is 4.04. The fourth-order valence-electron chi connectivity index (χ4n) is 1.77. The Morgan fingerprint density at radius 1 is 1.59 bits per heavy atom. The molecular weight excluding hydrogens is 326 g/mol. The molecule has 1 aromatic rings. The number of thiophene rings is 1. The third-order valence-electron chi connectivity index (χ3n) is 2.70. The van der Waals surface area contributed by atoms with Gasteiger partial charge in [0, 0.05) is 17.5 Å². The second-order valence-corrected chi connectivity index (χ2v) is 8.54. The van der Waals surface area contributed by atoms with Gasteiger partial charge in [-0.05, 0) is 41.8 Å². The summed E-state index contributed by atoms with van der Waals surface area (Å²) in [4.78, 5) is 1.13. The van der Waals surface area contributed by atoms with Crippen molar-refractivity contribution in [3.63, 3.8) is 0 Å². The van der Waals surface area contributed by atoms with E-state index in [-0.39, 0.29) is 19.2 Å². The van der Waals surface area contributed by atoms with Crippen molar-refractivity contribution in [2.24, 2.45) is 0 Å². The lowest BCUT2D eigenvalue weighted by Gasteiger charge is -2.20. The first-order chi connectivity index (χ1) is 7.96. The van der Waals surface area contributed by atoms with Crippen molar-refractivity contribution in [2.75, 3.05) is 13.2 Å². The third-order valence-corrected chi connectivity index (χ3v) is 6.46. The highest BCUT2D eigenvalue weighted by Gasteiger charge is 2.38. The molecule has 0 saturated heterocycles. The summed E-state index contributed by atoms with van der Waals surface area (Å²) in [5, 5.41) is 8.99. The number of sulfonamides is 1. The quantitative estimate of drug-likeness (QED) is 0.892. The van der Waals surface area contributed by atoms with Crippen molar-refractivity contribution in [1.29, 1.82) is 0 Å². The van der Waals surface area contributed by atoms with E-state index in [1.54, 1.807) is 13.0 Å². The smallest absolute Gasteiger partial charge is 0.244 e. The molecule has 0 radical (unpaired) electrons. The van der Waals surface area contributed by atoms with E-state index in [1.165, 1.54) is 15.6 Å². The fraction of sp³-hybridized carbons (Fsp3) is 0.600. The van der Waals surface area contributed by atoms with Crippen LogP contribution < -0.4 is 0 Å². The van der Waals surface area contributed by atoms with Crippen LogP contribution in [0, 0.1) is 6.92 Å². The zero-order chi connectivity index (χ0) is 12.6. The first-order valence-corrected chi connectivity index (χ1v) is 8.40. The van der Waals surface area contributed by atoms with Crippen molar-refractivity contribution >= 4 is 37.3 Å². The molecule has 0 spiro atoms. The molecule has 1 aromatic heterocycles. The van der Waals surface area contributed by atoms with Crippen LogP contribution in [-0.2, 0) is 10.0 Å². The number of nitrogens with zero attached hydrogens (tertiary/aromatic N) is 1. The lowest BCUT2D eigenvalue weighted by molar-refractivity contribution is 0.250. The van der Waals surface area contributed by atoms with Gasteiger partial charge in [-0.2, -0.15) is 4.31 Å². The Labute approximate surface area is 113 Å². The van der Waals surface area contributed by atoms with Crippen molar-refractivity contribution < 1.29 is 13.5 Å². The van der Waals surface area contributed by atoms with Gasteiger partial charge in [-0.25, -0.2) is 8.42 Å². The molecule has 0 aromatic carbocycles. The van der Waals surface area contributed by atoms with Crippen molar-refractivity contribution in [1.82, 2.24) is 4.31 Å². The minimum Gasteiger partial charge on any atom is -0.395 e. The van der Waals surface area contributed by atoms with Gasteiger partial charge in [0.05, 0.1) is 15.3 Å². The molecule has 2 rings (SSSR count). The highest BCUT2D eigenvalue weighted by atomic mass is 79.9. The highest BCUT2D eigenvalue weighted by Crippen LogP contribution is 2.36. The number of aliphatic hydroxyl groups is 1. The van der Waals surface area contributed by atoms with Crippen molar-refractivity contribution in [3.8, 4) is 0 Å². The van der Waals surface area contributed by atoms with E-state index in [0.29, 0.717) is 4.90 Å². The molecule has 0 unspecified atom stereocenters. The van der Waals surface area contributed by atoms with E-state index < -0.39 is 10.0 Å². The predicted octanol–water partition coefficient (Wildman–Crippen LogP) is 1.96. The van der Waals surface area contributed by atoms with Crippen LogP contribution in [0.15, 0.2) is 14.7 Å². The van der Waals surface area contributed by atoms with Gasteiger partial charge in [0.15, 0.2) is 0 Å². The molecule has 0 bridgehead atoms. The van der Waals surface area contributed by atoms with Crippen LogP contribution in [-0.4, -0.2) is 37.0 Å². The van der Waals surface area contributed by atoms with E-state index >= 15 is 0 Å². The molecule has 1 saturated carbocycles. The van der Waals surface area contributed by atoms with Crippen molar-refractivity contribution in [2.45, 2.75) is 30.7 Å². The Balaban J connectivity index is 2.36. The van der Waals surface area contributed by atoms with Crippen molar-refractivity contribution in [3.05, 3.63) is 14.7 Å². The van der Waals surface area contributed by atoms with Crippen LogP contribution in [0.4, 0.5) is 0 Å². The zero-order valence-electron chi connectivity index (χ0n) is 9.39. The zero-order valence-corrected chi connectivity index (χ0v) is 12.6. The van der Waals surface area contributed by atoms with Gasteiger partial charge < -0.3 is 5.11 Å². The average molecular weight is 340 g/mol. The first kappa shape index (κ1) is 13.5. The van der Waals surface area contributed by atoms with Gasteiger partial charge >= 0.3 is 0 Å². The molecule has 1 N–H and O–H groups in total. The molecule has 4 nitrogen and oxygen atoms in total. The van der Waals surface area contributed by atoms with Gasteiger partial charge in [0.25, 0.3) is 0 Å². The lowest BCUT2D eigenvalue weighted by Crippen LogP contribution is -2.35. The number of hydrogen-bond donors (Lipinski definition) is 1. The molecule has 0 aliphatic heterocycles. The maximum absolute atomic E-state index is 12.4. The highest BCUT2D eigenvalue weighted by molar-refractivity contribution is 9.11. The first-order valence-electron chi connectivity index (χ1n) is 5.35. The van der Waals surface area contributed by atoms with E-state index in [4.69, 9.17) is 5.11 Å². The third kappa shape index (κ3) is 2.73. The normalized spacial score (nSPS) is 16.7. The number of aliphatic hydroxyl groups excluding tert-OH is 1. The van der Waals surface area contributed by atoms with Gasteiger partial charge in [-0.3, -0.25) is 0 Å². The summed E-state index contributed by atoms with van der Waals surface area (Å²) in [6.45, 7) is 1.84. The van der Waals surface area contributed by atoms with Crippen LogP contribution in [0.5, 0.6) is 0 Å². The lowest BCUT2D eigenvalue weighted by atomic mass is 10.5. The summed E-state index contributed by atoms with van der Waals surface area (Å²) in [5.41, 5.74) is 0. The molecule has 1 heterocycles. The number of hydrogen-bond acceptors (Lipinski definition) is 4. The summed E-state index contributed by atoms with van der Waals surface area (Å²) in [7, 11) is -3.46. The Hall–Kier alpha value is 0.0500. The molecule has 1 fully saturated rings. The molecule has 1 aliphatic rings. The maximum atomic E-state index is 12.4. The predicted molar refractivity (Wildman–Crippen MR) is 70.8 cm³/mol. The van der Waals surface area contributed by atoms with E-state index in [2.05, 4.69) is 15.9 Å². The summed E-state index contributed by atoms with van der Waals surface area (Å²) in [6, 6.07) is 1.72. The largest absolute Gasteiger partial charge is 0.395 e. The van der Waals surface area contributed by atoms with Gasteiger partial charge in [0.2, 0.25) is 10.0 Å². The standard InChI is InChI=1S/C10H14BrNO3S2/c1-7-9(6-10(11)16-7)17(14,15)12(4-5-13)8-2-3-8/h6,8,13H,2-5H2,1H3. The van der Waals surface area contributed by atoms with Crippen LogP contribution in [0.3, 0.4) is 0 Å². The monoisotopic (exact) mass is 339 g/mol. The topological polar surface area (TPSA) is 57.6 Å². The van der Waals surface area contributed by atoms with E-state index in [9.17, 15) is 8.42 Å². The SMILES string of the molecule is Cc1sc(Br)cc1S(=O)(=O)N(CCO)C1CC1. The van der Waals surface area contributed by atoms with Gasteiger partial charge in [-0.1, -0.05) is 0 Å².